The summed E-state index contributed by atoms with van der Waals surface area (Å²) in [6.07, 6.45) is 1.82. The molecule has 0 aliphatic heterocycles. The molecule has 25 heavy (non-hydrogen) atoms. The van der Waals surface area contributed by atoms with E-state index in [1.807, 2.05) is 75.4 Å². The minimum Gasteiger partial charge on any atom is -0.496 e. The van der Waals surface area contributed by atoms with Gasteiger partial charge < -0.3 is 14.4 Å². The Labute approximate surface area is 149 Å². The van der Waals surface area contributed by atoms with Gasteiger partial charge in [-0.1, -0.05) is 18.2 Å². The first-order valence-corrected chi connectivity index (χ1v) is 8.17. The largest absolute Gasteiger partial charge is 0.496 e. The van der Waals surface area contributed by atoms with Gasteiger partial charge in [-0.25, -0.2) is 0 Å². The summed E-state index contributed by atoms with van der Waals surface area (Å²) >= 11 is 0. The van der Waals surface area contributed by atoms with Gasteiger partial charge in [-0.05, 0) is 43.7 Å². The van der Waals surface area contributed by atoms with Gasteiger partial charge in [0, 0.05) is 37.0 Å². The molecule has 132 valence electrons. The molecule has 0 amide bonds. The van der Waals surface area contributed by atoms with Crippen molar-refractivity contribution in [1.82, 2.24) is 4.90 Å². The molecule has 0 atom stereocenters. The molecule has 0 saturated heterocycles. The highest BCUT2D eigenvalue weighted by molar-refractivity contribution is 6.08. The molecule has 4 nitrogen and oxygen atoms in total. The highest BCUT2D eigenvalue weighted by atomic mass is 16.5. The van der Waals surface area contributed by atoms with Crippen LogP contribution in [0.5, 0.6) is 11.5 Å². The molecule has 4 heteroatoms. The van der Waals surface area contributed by atoms with Crippen LogP contribution < -0.4 is 9.47 Å². The van der Waals surface area contributed by atoms with E-state index in [9.17, 15) is 4.79 Å². The van der Waals surface area contributed by atoms with Crippen LogP contribution in [0.25, 0.3) is 0 Å². The molecule has 0 radical (unpaired) electrons. The van der Waals surface area contributed by atoms with Gasteiger partial charge in [0.25, 0.3) is 0 Å². The lowest BCUT2D eigenvalue weighted by atomic mass is 10.0. The van der Waals surface area contributed by atoms with E-state index in [-0.39, 0.29) is 5.78 Å². The van der Waals surface area contributed by atoms with Crippen LogP contribution in [0, 0.1) is 6.92 Å². The summed E-state index contributed by atoms with van der Waals surface area (Å²) in [7, 11) is 5.45. The molecule has 0 unspecified atom stereocenters. The maximum Gasteiger partial charge on any atom is 0.190 e. The van der Waals surface area contributed by atoms with Gasteiger partial charge in [0.15, 0.2) is 5.78 Å². The van der Waals surface area contributed by atoms with E-state index in [1.165, 1.54) is 0 Å². The Morgan fingerprint density at radius 1 is 1.12 bits per heavy atom. The number of ether oxygens (including phenoxy) is 2. The smallest absolute Gasteiger partial charge is 0.190 e. The van der Waals surface area contributed by atoms with E-state index >= 15 is 0 Å². The Hall–Kier alpha value is -2.75. The molecular formula is C21H25NO3. The third kappa shape index (κ3) is 4.86. The summed E-state index contributed by atoms with van der Waals surface area (Å²) in [5.74, 6) is 1.58. The predicted molar refractivity (Wildman–Crippen MR) is 100 cm³/mol. The molecule has 0 aliphatic rings. The summed E-state index contributed by atoms with van der Waals surface area (Å²) in [6.45, 7) is 4.18. The number of ketones is 1. The monoisotopic (exact) mass is 339 g/mol. The summed E-state index contributed by atoms with van der Waals surface area (Å²) in [6, 6.07) is 13.3. The van der Waals surface area contributed by atoms with Crippen LogP contribution in [0.3, 0.4) is 0 Å². The van der Waals surface area contributed by atoms with Crippen LogP contribution in [0.1, 0.15) is 28.4 Å². The Kier molecular flexibility index (Phi) is 6.23. The van der Waals surface area contributed by atoms with Crippen molar-refractivity contribution in [3.05, 3.63) is 70.9 Å². The van der Waals surface area contributed by atoms with E-state index < -0.39 is 0 Å². The number of carbonyl (C=O) groups is 1. The van der Waals surface area contributed by atoms with Gasteiger partial charge in [0.1, 0.15) is 18.1 Å². The zero-order chi connectivity index (χ0) is 18.4. The molecule has 0 aromatic heterocycles. The van der Waals surface area contributed by atoms with Gasteiger partial charge in [-0.2, -0.15) is 0 Å². The number of allylic oxidation sites excluding steroid dienone is 1. The second-order valence-electron chi connectivity index (χ2n) is 6.19. The van der Waals surface area contributed by atoms with Crippen molar-refractivity contribution in [2.24, 2.45) is 0 Å². The minimum absolute atomic E-state index is 0.0214. The summed E-state index contributed by atoms with van der Waals surface area (Å²) < 4.78 is 11.2. The number of carbonyl (C=O) groups excluding carboxylic acids is 1. The summed E-state index contributed by atoms with van der Waals surface area (Å²) in [5, 5.41) is 0. The summed E-state index contributed by atoms with van der Waals surface area (Å²) in [5.41, 5.74) is 3.28. The zero-order valence-electron chi connectivity index (χ0n) is 15.5. The van der Waals surface area contributed by atoms with Crippen molar-refractivity contribution in [1.29, 1.82) is 0 Å². The molecule has 0 saturated carbocycles. The number of hydrogen-bond donors (Lipinski definition) is 0. The lowest BCUT2D eigenvalue weighted by Crippen LogP contribution is -2.08. The Morgan fingerprint density at radius 3 is 2.48 bits per heavy atom. The maximum absolute atomic E-state index is 12.5. The molecular weight excluding hydrogens is 314 g/mol. The van der Waals surface area contributed by atoms with Crippen molar-refractivity contribution in [2.45, 2.75) is 20.5 Å². The van der Waals surface area contributed by atoms with Crippen LogP contribution in [0.15, 0.2) is 54.2 Å². The molecule has 0 heterocycles. The second kappa shape index (κ2) is 8.38. The molecule has 0 bridgehead atoms. The van der Waals surface area contributed by atoms with Gasteiger partial charge in [0.2, 0.25) is 0 Å². The first-order valence-electron chi connectivity index (χ1n) is 8.17. The first kappa shape index (κ1) is 18.6. The van der Waals surface area contributed by atoms with E-state index in [0.717, 1.165) is 22.6 Å². The number of benzene rings is 2. The van der Waals surface area contributed by atoms with Crippen molar-refractivity contribution in [2.75, 3.05) is 21.2 Å². The fourth-order valence-corrected chi connectivity index (χ4v) is 2.60. The maximum atomic E-state index is 12.5. The molecule has 0 fully saturated rings. The lowest BCUT2D eigenvalue weighted by Gasteiger charge is -2.13. The number of rotatable bonds is 7. The first-order chi connectivity index (χ1) is 11.9. The molecule has 0 N–H and O–H groups in total. The topological polar surface area (TPSA) is 38.8 Å². The molecule has 0 aliphatic carbocycles. The van der Waals surface area contributed by atoms with Crippen LogP contribution in [0.2, 0.25) is 0 Å². The zero-order valence-corrected chi connectivity index (χ0v) is 15.5. The normalized spacial score (nSPS) is 11.2. The van der Waals surface area contributed by atoms with Gasteiger partial charge in [0.05, 0.1) is 7.11 Å². The fraction of sp³-hybridized carbons (Fsp3) is 0.286. The molecule has 2 aromatic carbocycles. The highest BCUT2D eigenvalue weighted by Crippen LogP contribution is 2.24. The van der Waals surface area contributed by atoms with Crippen LogP contribution >= 0.6 is 0 Å². The quantitative estimate of drug-likeness (QED) is 0.559. The molecule has 0 spiro atoms. The predicted octanol–water partition coefficient (Wildman–Crippen LogP) is 4.23. The van der Waals surface area contributed by atoms with Gasteiger partial charge in [-0.3, -0.25) is 4.79 Å². The third-order valence-corrected chi connectivity index (χ3v) is 3.82. The number of methoxy groups -OCH3 is 1. The Bertz CT molecular complexity index is 778. The van der Waals surface area contributed by atoms with Gasteiger partial charge >= 0.3 is 0 Å². The number of aryl methyl sites for hydroxylation is 1. The van der Waals surface area contributed by atoms with Crippen LogP contribution in [0.4, 0.5) is 0 Å². The van der Waals surface area contributed by atoms with E-state index in [0.29, 0.717) is 17.7 Å². The van der Waals surface area contributed by atoms with E-state index in [1.54, 1.807) is 13.2 Å². The number of hydrogen-bond acceptors (Lipinski definition) is 4. The Morgan fingerprint density at radius 2 is 1.84 bits per heavy atom. The third-order valence-electron chi connectivity index (χ3n) is 3.82. The van der Waals surface area contributed by atoms with Crippen molar-refractivity contribution in [3.8, 4) is 11.5 Å². The van der Waals surface area contributed by atoms with Crippen molar-refractivity contribution >= 4 is 5.78 Å². The van der Waals surface area contributed by atoms with Crippen LogP contribution in [-0.4, -0.2) is 31.9 Å². The Balaban J connectivity index is 2.13. The average molecular weight is 339 g/mol. The fourth-order valence-electron chi connectivity index (χ4n) is 2.60. The van der Waals surface area contributed by atoms with Crippen molar-refractivity contribution in [3.63, 3.8) is 0 Å². The summed E-state index contributed by atoms with van der Waals surface area (Å²) in [4.78, 5) is 14.3. The number of para-hydroxylation sites is 1. The number of nitrogens with zero attached hydrogens (tertiary/aromatic N) is 1. The standard InChI is InChI=1S/C21H25NO3/c1-15-12-17(21(23)16(2)13-22(3)4)10-11-19(15)25-14-18-8-6-7-9-20(18)24-5/h6-13H,14H2,1-5H3. The highest BCUT2D eigenvalue weighted by Gasteiger charge is 2.11. The van der Waals surface area contributed by atoms with Crippen LogP contribution in [-0.2, 0) is 6.61 Å². The molecule has 2 aromatic rings. The SMILES string of the molecule is COc1ccccc1COc1ccc(C(=O)C(C)=CN(C)C)cc1C. The molecule has 2 rings (SSSR count). The van der Waals surface area contributed by atoms with Crippen molar-refractivity contribution < 1.29 is 14.3 Å². The van der Waals surface area contributed by atoms with Gasteiger partial charge in [-0.15, -0.1) is 0 Å². The lowest BCUT2D eigenvalue weighted by molar-refractivity contribution is 0.103. The number of Topliss-reactive ketones (excluding diaryl/α,β-unsaturated/α-hetero) is 1. The average Bonchev–Trinajstić information content (AvgIpc) is 2.59. The second-order valence-corrected chi connectivity index (χ2v) is 6.19. The minimum atomic E-state index is 0.0214. The van der Waals surface area contributed by atoms with E-state index in [2.05, 4.69) is 0 Å². The van der Waals surface area contributed by atoms with E-state index in [4.69, 9.17) is 9.47 Å².